The molecule has 4 heteroatoms. The maximum absolute atomic E-state index is 10.6. The summed E-state index contributed by atoms with van der Waals surface area (Å²) >= 11 is 9.92. The third kappa shape index (κ3) is 1.59. The number of hydrogen-bond acceptors (Lipinski definition) is 2. The molecular formula is C6H4BrClOS. The van der Waals surface area contributed by atoms with Crippen molar-refractivity contribution in [2.75, 3.05) is 0 Å². The Balaban J connectivity index is 3.10. The maximum Gasteiger partial charge on any atom is 0.262 e. The van der Waals surface area contributed by atoms with Gasteiger partial charge in [-0.3, -0.25) is 4.79 Å². The van der Waals surface area contributed by atoms with Crippen LogP contribution in [0.5, 0.6) is 0 Å². The van der Waals surface area contributed by atoms with Crippen molar-refractivity contribution in [1.82, 2.24) is 0 Å². The van der Waals surface area contributed by atoms with Gasteiger partial charge in [0.15, 0.2) is 0 Å². The molecule has 0 saturated heterocycles. The van der Waals surface area contributed by atoms with Gasteiger partial charge in [0, 0.05) is 9.35 Å². The maximum atomic E-state index is 10.6. The molecule has 1 aromatic heterocycles. The van der Waals surface area contributed by atoms with Gasteiger partial charge in [-0.15, -0.1) is 11.3 Å². The first-order valence-corrected chi connectivity index (χ1v) is 4.56. The van der Waals surface area contributed by atoms with Gasteiger partial charge in [0.25, 0.3) is 5.24 Å². The van der Waals surface area contributed by atoms with E-state index in [2.05, 4.69) is 15.9 Å². The van der Waals surface area contributed by atoms with Gasteiger partial charge in [-0.05, 0) is 40.5 Å². The summed E-state index contributed by atoms with van der Waals surface area (Å²) in [6, 6.07) is 1.73. The molecule has 0 aromatic carbocycles. The fourth-order valence-electron chi connectivity index (χ4n) is 0.557. The minimum atomic E-state index is -0.390. The molecule has 0 N–H and O–H groups in total. The SMILES string of the molecule is Cc1sc(C(=O)Cl)cc1Br. The van der Waals surface area contributed by atoms with Crippen molar-refractivity contribution < 1.29 is 4.79 Å². The van der Waals surface area contributed by atoms with Crippen LogP contribution in [-0.2, 0) is 0 Å². The summed E-state index contributed by atoms with van der Waals surface area (Å²) in [6.07, 6.45) is 0. The Bertz CT molecular complexity index is 249. The highest BCUT2D eigenvalue weighted by atomic mass is 79.9. The third-order valence-electron chi connectivity index (χ3n) is 1.05. The Hall–Kier alpha value is 0.140. The Kier molecular flexibility index (Phi) is 2.50. The Labute approximate surface area is 76.1 Å². The second-order valence-electron chi connectivity index (χ2n) is 1.79. The molecule has 1 nitrogen and oxygen atoms in total. The van der Waals surface area contributed by atoms with Crippen LogP contribution >= 0.6 is 38.9 Å². The Morgan fingerprint density at radius 3 is 2.60 bits per heavy atom. The number of aryl methyl sites for hydroxylation is 1. The minimum absolute atomic E-state index is 0.390. The van der Waals surface area contributed by atoms with Crippen LogP contribution in [0.4, 0.5) is 0 Å². The minimum Gasteiger partial charge on any atom is -0.275 e. The van der Waals surface area contributed by atoms with Crippen molar-refractivity contribution in [3.63, 3.8) is 0 Å². The van der Waals surface area contributed by atoms with E-state index in [9.17, 15) is 4.79 Å². The zero-order valence-corrected chi connectivity index (χ0v) is 8.31. The van der Waals surface area contributed by atoms with Crippen LogP contribution in [0.25, 0.3) is 0 Å². The highest BCUT2D eigenvalue weighted by Crippen LogP contribution is 2.27. The number of halogens is 2. The van der Waals surface area contributed by atoms with Crippen LogP contribution in [0, 0.1) is 6.92 Å². The molecule has 0 unspecified atom stereocenters. The largest absolute Gasteiger partial charge is 0.275 e. The summed E-state index contributed by atoms with van der Waals surface area (Å²) in [6.45, 7) is 1.93. The molecular weight excluding hydrogens is 235 g/mol. The molecule has 0 spiro atoms. The van der Waals surface area contributed by atoms with Crippen molar-refractivity contribution in [3.8, 4) is 0 Å². The lowest BCUT2D eigenvalue weighted by molar-refractivity contribution is 0.108. The first kappa shape index (κ1) is 8.24. The second kappa shape index (κ2) is 3.03. The van der Waals surface area contributed by atoms with Crippen LogP contribution in [0.2, 0.25) is 0 Å². The van der Waals surface area contributed by atoms with Crippen molar-refractivity contribution >= 4 is 44.1 Å². The van der Waals surface area contributed by atoms with E-state index in [0.717, 1.165) is 9.35 Å². The highest BCUT2D eigenvalue weighted by molar-refractivity contribution is 9.10. The van der Waals surface area contributed by atoms with E-state index >= 15 is 0 Å². The number of rotatable bonds is 1. The van der Waals surface area contributed by atoms with E-state index in [1.807, 2.05) is 6.92 Å². The van der Waals surface area contributed by atoms with Gasteiger partial charge in [0.1, 0.15) is 0 Å². The molecule has 0 aliphatic carbocycles. The van der Waals surface area contributed by atoms with E-state index in [4.69, 9.17) is 11.6 Å². The monoisotopic (exact) mass is 238 g/mol. The van der Waals surface area contributed by atoms with Crippen LogP contribution in [0.3, 0.4) is 0 Å². The number of carbonyl (C=O) groups is 1. The molecule has 0 aliphatic rings. The average molecular weight is 240 g/mol. The molecule has 54 valence electrons. The first-order valence-electron chi connectivity index (χ1n) is 2.57. The lowest BCUT2D eigenvalue weighted by atomic mass is 10.4. The van der Waals surface area contributed by atoms with E-state index in [-0.39, 0.29) is 5.24 Å². The fraction of sp³-hybridized carbons (Fsp3) is 0.167. The van der Waals surface area contributed by atoms with Crippen LogP contribution in [0.15, 0.2) is 10.5 Å². The van der Waals surface area contributed by atoms with Gasteiger partial charge >= 0.3 is 0 Å². The summed E-state index contributed by atoms with van der Waals surface area (Å²) in [7, 11) is 0. The molecule has 0 fully saturated rings. The smallest absolute Gasteiger partial charge is 0.262 e. The van der Waals surface area contributed by atoms with Crippen molar-refractivity contribution in [2.45, 2.75) is 6.92 Å². The Morgan fingerprint density at radius 1 is 1.80 bits per heavy atom. The molecule has 10 heavy (non-hydrogen) atoms. The molecule has 0 radical (unpaired) electrons. The van der Waals surface area contributed by atoms with E-state index in [0.29, 0.717) is 4.88 Å². The summed E-state index contributed by atoms with van der Waals surface area (Å²) in [5.41, 5.74) is 0. The number of hydrogen-bond donors (Lipinski definition) is 0. The molecule has 0 aliphatic heterocycles. The molecule has 0 atom stereocenters. The van der Waals surface area contributed by atoms with Gasteiger partial charge in [-0.2, -0.15) is 0 Å². The number of carbonyl (C=O) groups excluding carboxylic acids is 1. The molecule has 1 aromatic rings. The predicted octanol–water partition coefficient (Wildman–Crippen LogP) is 3.20. The lowest BCUT2D eigenvalue weighted by Crippen LogP contribution is -1.78. The normalized spacial score (nSPS) is 9.90. The zero-order valence-electron chi connectivity index (χ0n) is 5.15. The second-order valence-corrected chi connectivity index (χ2v) is 4.24. The van der Waals surface area contributed by atoms with Gasteiger partial charge in [-0.25, -0.2) is 0 Å². The fourth-order valence-corrected chi connectivity index (χ4v) is 2.09. The lowest BCUT2D eigenvalue weighted by Gasteiger charge is -1.78. The summed E-state index contributed by atoms with van der Waals surface area (Å²) < 4.78 is 0.946. The average Bonchev–Trinajstić information content (AvgIpc) is 2.13. The highest BCUT2D eigenvalue weighted by Gasteiger charge is 2.07. The van der Waals surface area contributed by atoms with Gasteiger partial charge in [0.2, 0.25) is 0 Å². The van der Waals surface area contributed by atoms with Gasteiger partial charge in [0.05, 0.1) is 4.88 Å². The number of thiophene rings is 1. The van der Waals surface area contributed by atoms with Gasteiger partial charge in [-0.1, -0.05) is 0 Å². The molecule has 1 heterocycles. The molecule has 0 bridgehead atoms. The van der Waals surface area contributed by atoms with Crippen molar-refractivity contribution in [1.29, 1.82) is 0 Å². The van der Waals surface area contributed by atoms with Crippen LogP contribution in [0.1, 0.15) is 14.5 Å². The van der Waals surface area contributed by atoms with Crippen molar-refractivity contribution in [3.05, 3.63) is 20.3 Å². The van der Waals surface area contributed by atoms with Crippen LogP contribution < -0.4 is 0 Å². The first-order chi connectivity index (χ1) is 4.61. The van der Waals surface area contributed by atoms with Crippen molar-refractivity contribution in [2.24, 2.45) is 0 Å². The van der Waals surface area contributed by atoms with Crippen LogP contribution in [-0.4, -0.2) is 5.24 Å². The zero-order chi connectivity index (χ0) is 7.72. The van der Waals surface area contributed by atoms with Gasteiger partial charge < -0.3 is 0 Å². The van der Waals surface area contributed by atoms with E-state index in [1.165, 1.54) is 11.3 Å². The quantitative estimate of drug-likeness (QED) is 0.688. The predicted molar refractivity (Wildman–Crippen MR) is 46.9 cm³/mol. The molecule has 0 saturated carbocycles. The molecule has 0 amide bonds. The summed E-state index contributed by atoms with van der Waals surface area (Å²) in [5.74, 6) is 0. The van der Waals surface area contributed by atoms with E-state index < -0.39 is 0 Å². The summed E-state index contributed by atoms with van der Waals surface area (Å²) in [4.78, 5) is 12.2. The standard InChI is InChI=1S/C6H4BrClOS/c1-3-4(7)2-5(10-3)6(8)9/h2H,1H3. The van der Waals surface area contributed by atoms with E-state index in [1.54, 1.807) is 6.07 Å². The summed E-state index contributed by atoms with van der Waals surface area (Å²) in [5, 5.41) is -0.390. The Morgan fingerprint density at radius 2 is 2.40 bits per heavy atom. The molecule has 1 rings (SSSR count). The third-order valence-corrected chi connectivity index (χ3v) is 3.50. The topological polar surface area (TPSA) is 17.1 Å².